The van der Waals surface area contributed by atoms with E-state index >= 15 is 0 Å². The predicted octanol–water partition coefficient (Wildman–Crippen LogP) is 2.71. The molecule has 0 spiro atoms. The molecule has 0 saturated carbocycles. The molecule has 0 heterocycles. The number of aromatic hydroxyl groups is 1. The fourth-order valence-electron chi connectivity index (χ4n) is 0.908. The number of hydrogen-bond acceptors (Lipinski definition) is 2. The summed E-state index contributed by atoms with van der Waals surface area (Å²) in [6.07, 6.45) is 0. The standard InChI is InChI=1S/C10H13FO2/c1-10(2,3)13-8-6-4-5-7(12)9(8)11/h4-6,12H,1-3H3. The SMILES string of the molecule is CC(C)(C)Oc1cccc(O)c1F. The third-order valence-electron chi connectivity index (χ3n) is 1.36. The summed E-state index contributed by atoms with van der Waals surface area (Å²) < 4.78 is 18.4. The molecule has 0 aromatic heterocycles. The summed E-state index contributed by atoms with van der Waals surface area (Å²) in [5.74, 6) is -1.02. The van der Waals surface area contributed by atoms with Gasteiger partial charge in [0.05, 0.1) is 0 Å². The molecule has 0 aliphatic rings. The van der Waals surface area contributed by atoms with Crippen molar-refractivity contribution in [2.45, 2.75) is 26.4 Å². The summed E-state index contributed by atoms with van der Waals surface area (Å²) in [5.41, 5.74) is -0.464. The third-order valence-corrected chi connectivity index (χ3v) is 1.36. The topological polar surface area (TPSA) is 29.5 Å². The number of phenolic OH excluding ortho intramolecular Hbond substituents is 1. The largest absolute Gasteiger partial charge is 0.505 e. The summed E-state index contributed by atoms with van der Waals surface area (Å²) in [6, 6.07) is 4.31. The molecular formula is C10H13FO2. The van der Waals surface area contributed by atoms with Crippen molar-refractivity contribution in [3.63, 3.8) is 0 Å². The van der Waals surface area contributed by atoms with E-state index in [1.807, 2.05) is 20.8 Å². The van der Waals surface area contributed by atoms with Crippen molar-refractivity contribution in [3.8, 4) is 11.5 Å². The minimum atomic E-state index is -0.711. The fraction of sp³-hybridized carbons (Fsp3) is 0.400. The summed E-state index contributed by atoms with van der Waals surface area (Å²) >= 11 is 0. The second-order valence-electron chi connectivity index (χ2n) is 3.80. The van der Waals surface area contributed by atoms with Crippen LogP contribution in [0.2, 0.25) is 0 Å². The van der Waals surface area contributed by atoms with Crippen LogP contribution in [-0.2, 0) is 0 Å². The monoisotopic (exact) mass is 184 g/mol. The summed E-state index contributed by atoms with van der Waals surface area (Å²) in [7, 11) is 0. The highest BCUT2D eigenvalue weighted by molar-refractivity contribution is 5.34. The minimum Gasteiger partial charge on any atom is -0.505 e. The van der Waals surface area contributed by atoms with E-state index in [0.717, 1.165) is 0 Å². The maximum absolute atomic E-state index is 13.2. The van der Waals surface area contributed by atoms with Gasteiger partial charge in [0.1, 0.15) is 5.60 Å². The number of phenols is 1. The molecule has 0 bridgehead atoms. The van der Waals surface area contributed by atoms with Gasteiger partial charge in [0, 0.05) is 0 Å². The fourth-order valence-corrected chi connectivity index (χ4v) is 0.908. The van der Waals surface area contributed by atoms with Gasteiger partial charge in [-0.25, -0.2) is 0 Å². The van der Waals surface area contributed by atoms with Gasteiger partial charge < -0.3 is 9.84 Å². The van der Waals surface area contributed by atoms with Gasteiger partial charge in [0.25, 0.3) is 0 Å². The van der Waals surface area contributed by atoms with Crippen LogP contribution in [-0.4, -0.2) is 10.7 Å². The Kier molecular flexibility index (Phi) is 2.45. The lowest BCUT2D eigenvalue weighted by atomic mass is 10.2. The van der Waals surface area contributed by atoms with E-state index in [9.17, 15) is 4.39 Å². The molecule has 0 saturated heterocycles. The van der Waals surface area contributed by atoms with Crippen LogP contribution in [0.3, 0.4) is 0 Å². The second kappa shape index (κ2) is 3.24. The van der Waals surface area contributed by atoms with Crippen LogP contribution < -0.4 is 4.74 Å². The van der Waals surface area contributed by atoms with Crippen LogP contribution >= 0.6 is 0 Å². The van der Waals surface area contributed by atoms with Crippen molar-refractivity contribution < 1.29 is 14.2 Å². The average molecular weight is 184 g/mol. The van der Waals surface area contributed by atoms with Gasteiger partial charge in [-0.1, -0.05) is 6.07 Å². The molecule has 0 unspecified atom stereocenters. The van der Waals surface area contributed by atoms with Gasteiger partial charge in [-0.3, -0.25) is 0 Å². The Hall–Kier alpha value is -1.25. The average Bonchev–Trinajstić information content (AvgIpc) is 1.96. The molecule has 0 amide bonds. The molecule has 1 aromatic carbocycles. The Morgan fingerprint density at radius 1 is 1.31 bits per heavy atom. The van der Waals surface area contributed by atoms with Gasteiger partial charge in [-0.2, -0.15) is 4.39 Å². The van der Waals surface area contributed by atoms with Crippen LogP contribution in [0.25, 0.3) is 0 Å². The van der Waals surface area contributed by atoms with Crippen molar-refractivity contribution in [1.82, 2.24) is 0 Å². The number of benzene rings is 1. The first-order valence-electron chi connectivity index (χ1n) is 4.06. The molecule has 13 heavy (non-hydrogen) atoms. The molecule has 0 fully saturated rings. The first-order valence-corrected chi connectivity index (χ1v) is 4.06. The third kappa shape index (κ3) is 2.61. The van der Waals surface area contributed by atoms with Crippen molar-refractivity contribution in [2.75, 3.05) is 0 Å². The Morgan fingerprint density at radius 2 is 1.92 bits per heavy atom. The highest BCUT2D eigenvalue weighted by Crippen LogP contribution is 2.27. The molecule has 1 rings (SSSR count). The Morgan fingerprint density at radius 3 is 2.46 bits per heavy atom. The van der Waals surface area contributed by atoms with Crippen LogP contribution in [0, 0.1) is 5.82 Å². The van der Waals surface area contributed by atoms with E-state index in [1.54, 1.807) is 6.07 Å². The number of hydrogen-bond donors (Lipinski definition) is 1. The molecule has 1 aromatic rings. The molecule has 2 nitrogen and oxygen atoms in total. The molecule has 3 heteroatoms. The zero-order valence-corrected chi connectivity index (χ0v) is 7.97. The number of halogens is 1. The minimum absolute atomic E-state index is 0.0764. The van der Waals surface area contributed by atoms with Crippen LogP contribution in [0.15, 0.2) is 18.2 Å². The normalized spacial score (nSPS) is 11.4. The van der Waals surface area contributed by atoms with E-state index in [-0.39, 0.29) is 11.5 Å². The Labute approximate surface area is 77.0 Å². The lowest BCUT2D eigenvalue weighted by molar-refractivity contribution is 0.123. The number of ether oxygens (including phenoxy) is 1. The Balaban J connectivity index is 2.96. The number of rotatable bonds is 1. The zero-order chi connectivity index (χ0) is 10.1. The maximum atomic E-state index is 13.2. The lowest BCUT2D eigenvalue weighted by Crippen LogP contribution is -2.23. The quantitative estimate of drug-likeness (QED) is 0.727. The second-order valence-corrected chi connectivity index (χ2v) is 3.80. The lowest BCUT2D eigenvalue weighted by Gasteiger charge is -2.21. The van der Waals surface area contributed by atoms with Gasteiger partial charge in [-0.05, 0) is 32.9 Å². The molecule has 0 aliphatic carbocycles. The first-order chi connectivity index (χ1) is 5.90. The summed E-state index contributed by atoms with van der Waals surface area (Å²) in [4.78, 5) is 0. The van der Waals surface area contributed by atoms with Gasteiger partial charge in [0.15, 0.2) is 11.5 Å². The summed E-state index contributed by atoms with van der Waals surface area (Å²) in [6.45, 7) is 5.45. The van der Waals surface area contributed by atoms with Gasteiger partial charge >= 0.3 is 0 Å². The Bertz CT molecular complexity index is 302. The van der Waals surface area contributed by atoms with Crippen molar-refractivity contribution in [1.29, 1.82) is 0 Å². The molecule has 0 atom stereocenters. The van der Waals surface area contributed by atoms with Crippen molar-refractivity contribution in [3.05, 3.63) is 24.0 Å². The van der Waals surface area contributed by atoms with Gasteiger partial charge in [-0.15, -0.1) is 0 Å². The van der Waals surface area contributed by atoms with Crippen LogP contribution in [0.5, 0.6) is 11.5 Å². The molecule has 0 aliphatic heterocycles. The van der Waals surface area contributed by atoms with E-state index in [1.165, 1.54) is 12.1 Å². The molecule has 0 radical (unpaired) electrons. The van der Waals surface area contributed by atoms with Crippen LogP contribution in [0.1, 0.15) is 20.8 Å². The molecule has 72 valence electrons. The molecular weight excluding hydrogens is 171 g/mol. The van der Waals surface area contributed by atoms with E-state index in [0.29, 0.717) is 0 Å². The molecule has 1 N–H and O–H groups in total. The van der Waals surface area contributed by atoms with Gasteiger partial charge in [0.2, 0.25) is 5.82 Å². The first kappa shape index (κ1) is 9.84. The summed E-state index contributed by atoms with van der Waals surface area (Å²) in [5, 5.41) is 9.04. The van der Waals surface area contributed by atoms with E-state index < -0.39 is 11.4 Å². The smallest absolute Gasteiger partial charge is 0.206 e. The highest BCUT2D eigenvalue weighted by Gasteiger charge is 2.16. The van der Waals surface area contributed by atoms with Crippen molar-refractivity contribution >= 4 is 0 Å². The zero-order valence-electron chi connectivity index (χ0n) is 7.97. The van der Waals surface area contributed by atoms with Crippen molar-refractivity contribution in [2.24, 2.45) is 0 Å². The van der Waals surface area contributed by atoms with E-state index in [4.69, 9.17) is 9.84 Å². The van der Waals surface area contributed by atoms with E-state index in [2.05, 4.69) is 0 Å². The van der Waals surface area contributed by atoms with Crippen LogP contribution in [0.4, 0.5) is 4.39 Å². The maximum Gasteiger partial charge on any atom is 0.206 e. The predicted molar refractivity (Wildman–Crippen MR) is 48.4 cm³/mol. The highest BCUT2D eigenvalue weighted by atomic mass is 19.1.